The number of fused-ring (bicyclic) bond motifs is 1. The second-order valence-electron chi connectivity index (χ2n) is 6.46. The maximum atomic E-state index is 12.0. The molecule has 1 atom stereocenters. The van der Waals surface area contributed by atoms with Crippen molar-refractivity contribution in [2.75, 3.05) is 31.3 Å². The predicted octanol–water partition coefficient (Wildman–Crippen LogP) is 4.25. The molecule has 0 saturated heterocycles. The molecule has 0 aromatic heterocycles. The molecule has 2 aromatic carbocycles. The number of nitrogens with zero attached hydrogens (tertiary/aromatic N) is 1. The van der Waals surface area contributed by atoms with Gasteiger partial charge in [0.05, 0.1) is 25.4 Å². The standard InChI is InChI=1S/C23H27NO5/c1-4-26-22(23(25)27-5-2)16-18-10-12-19(13-11-18)29-17(3)24-14-15-28-21-9-7-6-8-20(21)24/h6-13,16-17H,4-5,14-15H2,1-3H3/b22-16-. The second-order valence-corrected chi connectivity index (χ2v) is 6.46. The topological polar surface area (TPSA) is 57.2 Å². The summed E-state index contributed by atoms with van der Waals surface area (Å²) in [6, 6.07) is 15.5. The van der Waals surface area contributed by atoms with Crippen LogP contribution in [0.15, 0.2) is 54.3 Å². The molecule has 2 aromatic rings. The molecular weight excluding hydrogens is 370 g/mol. The molecule has 154 valence electrons. The van der Waals surface area contributed by atoms with Gasteiger partial charge in [0, 0.05) is 0 Å². The molecule has 1 aliphatic rings. The molecule has 29 heavy (non-hydrogen) atoms. The molecule has 0 fully saturated rings. The van der Waals surface area contributed by atoms with E-state index in [0.717, 1.165) is 29.3 Å². The van der Waals surface area contributed by atoms with Crippen LogP contribution in [-0.2, 0) is 14.3 Å². The van der Waals surface area contributed by atoms with Crippen LogP contribution in [0.5, 0.6) is 11.5 Å². The van der Waals surface area contributed by atoms with Gasteiger partial charge < -0.3 is 23.8 Å². The van der Waals surface area contributed by atoms with Gasteiger partial charge in [-0.1, -0.05) is 24.3 Å². The number of carbonyl (C=O) groups is 1. The molecule has 1 aliphatic heterocycles. The first-order chi connectivity index (χ1) is 14.1. The van der Waals surface area contributed by atoms with E-state index in [1.807, 2.05) is 62.4 Å². The van der Waals surface area contributed by atoms with Crippen molar-refractivity contribution >= 4 is 17.7 Å². The molecule has 3 rings (SSSR count). The van der Waals surface area contributed by atoms with Crippen molar-refractivity contribution in [3.8, 4) is 11.5 Å². The van der Waals surface area contributed by atoms with Crippen molar-refractivity contribution in [1.29, 1.82) is 0 Å². The molecule has 0 amide bonds. The van der Waals surface area contributed by atoms with Crippen LogP contribution in [0.1, 0.15) is 26.3 Å². The Kier molecular flexibility index (Phi) is 7.00. The highest BCUT2D eigenvalue weighted by Gasteiger charge is 2.23. The number of anilines is 1. The van der Waals surface area contributed by atoms with Gasteiger partial charge in [-0.25, -0.2) is 4.79 Å². The van der Waals surface area contributed by atoms with E-state index in [0.29, 0.717) is 19.8 Å². The summed E-state index contributed by atoms with van der Waals surface area (Å²) in [5, 5.41) is 0. The summed E-state index contributed by atoms with van der Waals surface area (Å²) in [5.74, 6) is 1.35. The smallest absolute Gasteiger partial charge is 0.373 e. The summed E-state index contributed by atoms with van der Waals surface area (Å²) in [5.41, 5.74) is 1.86. The van der Waals surface area contributed by atoms with Gasteiger partial charge in [-0.05, 0) is 56.7 Å². The molecular formula is C23H27NO5. The van der Waals surface area contributed by atoms with Gasteiger partial charge in [0.2, 0.25) is 5.76 Å². The van der Waals surface area contributed by atoms with Crippen LogP contribution >= 0.6 is 0 Å². The molecule has 0 saturated carbocycles. The Labute approximate surface area is 171 Å². The van der Waals surface area contributed by atoms with Crippen LogP contribution < -0.4 is 14.4 Å². The lowest BCUT2D eigenvalue weighted by Crippen LogP contribution is -2.42. The zero-order valence-corrected chi connectivity index (χ0v) is 17.1. The van der Waals surface area contributed by atoms with Crippen molar-refractivity contribution in [2.45, 2.75) is 27.0 Å². The molecule has 0 aliphatic carbocycles. The fourth-order valence-electron chi connectivity index (χ4n) is 3.14. The van der Waals surface area contributed by atoms with Gasteiger partial charge >= 0.3 is 5.97 Å². The lowest BCUT2D eigenvalue weighted by molar-refractivity contribution is -0.142. The first-order valence-corrected chi connectivity index (χ1v) is 9.89. The normalized spacial score (nSPS) is 14.4. The van der Waals surface area contributed by atoms with E-state index >= 15 is 0 Å². The van der Waals surface area contributed by atoms with Crippen LogP contribution in [0.25, 0.3) is 6.08 Å². The third-order valence-corrected chi connectivity index (χ3v) is 4.46. The quantitative estimate of drug-likeness (QED) is 0.377. The summed E-state index contributed by atoms with van der Waals surface area (Å²) in [6.07, 6.45) is 1.52. The monoisotopic (exact) mass is 397 g/mol. The van der Waals surface area contributed by atoms with Crippen LogP contribution in [0.3, 0.4) is 0 Å². The van der Waals surface area contributed by atoms with E-state index in [4.69, 9.17) is 18.9 Å². The highest BCUT2D eigenvalue weighted by molar-refractivity contribution is 5.91. The number of carbonyl (C=O) groups excluding carboxylic acids is 1. The first-order valence-electron chi connectivity index (χ1n) is 9.89. The van der Waals surface area contributed by atoms with Crippen molar-refractivity contribution in [1.82, 2.24) is 0 Å². The minimum absolute atomic E-state index is 0.153. The van der Waals surface area contributed by atoms with E-state index in [1.165, 1.54) is 0 Å². The van der Waals surface area contributed by atoms with Crippen molar-refractivity contribution < 1.29 is 23.7 Å². The Morgan fingerprint density at radius 3 is 2.55 bits per heavy atom. The minimum atomic E-state index is -0.464. The molecule has 6 heteroatoms. The number of ether oxygens (including phenoxy) is 4. The van der Waals surface area contributed by atoms with Gasteiger partial charge in [0.15, 0.2) is 6.23 Å². The first kappa shape index (κ1) is 20.6. The van der Waals surface area contributed by atoms with E-state index in [1.54, 1.807) is 13.0 Å². The summed E-state index contributed by atoms with van der Waals surface area (Å²) in [7, 11) is 0. The van der Waals surface area contributed by atoms with Gasteiger partial charge in [0.25, 0.3) is 0 Å². The molecule has 1 unspecified atom stereocenters. The Hall–Kier alpha value is -3.15. The number of hydrogen-bond acceptors (Lipinski definition) is 6. The van der Waals surface area contributed by atoms with Crippen molar-refractivity contribution in [3.63, 3.8) is 0 Å². The lowest BCUT2D eigenvalue weighted by Gasteiger charge is -2.35. The highest BCUT2D eigenvalue weighted by Crippen LogP contribution is 2.32. The van der Waals surface area contributed by atoms with Crippen molar-refractivity contribution in [2.24, 2.45) is 0 Å². The molecule has 1 heterocycles. The summed E-state index contributed by atoms with van der Waals surface area (Å²) >= 11 is 0. The van der Waals surface area contributed by atoms with Gasteiger partial charge in [-0.2, -0.15) is 0 Å². The fourth-order valence-corrected chi connectivity index (χ4v) is 3.14. The van der Waals surface area contributed by atoms with Crippen LogP contribution in [0.2, 0.25) is 0 Å². The third kappa shape index (κ3) is 5.22. The molecule has 6 nitrogen and oxygen atoms in total. The Morgan fingerprint density at radius 2 is 1.83 bits per heavy atom. The number of rotatable bonds is 8. The van der Waals surface area contributed by atoms with E-state index in [2.05, 4.69) is 4.90 Å². The number of benzene rings is 2. The zero-order chi connectivity index (χ0) is 20.6. The largest absolute Gasteiger partial charge is 0.490 e. The summed E-state index contributed by atoms with van der Waals surface area (Å²) in [4.78, 5) is 14.2. The number of esters is 1. The van der Waals surface area contributed by atoms with Gasteiger partial charge in [-0.15, -0.1) is 0 Å². The zero-order valence-electron chi connectivity index (χ0n) is 17.1. The average molecular weight is 397 g/mol. The van der Waals surface area contributed by atoms with Crippen molar-refractivity contribution in [3.05, 3.63) is 59.9 Å². The Morgan fingerprint density at radius 1 is 1.10 bits per heavy atom. The lowest BCUT2D eigenvalue weighted by atomic mass is 10.2. The molecule has 0 spiro atoms. The predicted molar refractivity (Wildman–Crippen MR) is 112 cm³/mol. The number of hydrogen-bond donors (Lipinski definition) is 0. The average Bonchev–Trinajstić information content (AvgIpc) is 2.74. The number of para-hydroxylation sites is 2. The van der Waals surface area contributed by atoms with E-state index < -0.39 is 5.97 Å². The summed E-state index contributed by atoms with van der Waals surface area (Å²) < 4.78 is 22.3. The van der Waals surface area contributed by atoms with Gasteiger partial charge in [0.1, 0.15) is 18.1 Å². The SMILES string of the molecule is CCOC(=O)/C(=C/c1ccc(OC(C)N2CCOc3ccccc32)cc1)OCC. The molecule has 0 N–H and O–H groups in total. The van der Waals surface area contributed by atoms with Crippen LogP contribution in [0.4, 0.5) is 5.69 Å². The van der Waals surface area contributed by atoms with Crippen LogP contribution in [-0.4, -0.2) is 38.6 Å². The molecule has 0 radical (unpaired) electrons. The Balaban J connectivity index is 1.69. The maximum Gasteiger partial charge on any atom is 0.373 e. The highest BCUT2D eigenvalue weighted by atomic mass is 16.6. The molecule has 0 bridgehead atoms. The third-order valence-electron chi connectivity index (χ3n) is 4.46. The Bertz CT molecular complexity index is 847. The van der Waals surface area contributed by atoms with Gasteiger partial charge in [-0.3, -0.25) is 0 Å². The second kappa shape index (κ2) is 9.87. The van der Waals surface area contributed by atoms with E-state index in [-0.39, 0.29) is 12.0 Å². The minimum Gasteiger partial charge on any atom is -0.490 e. The summed E-state index contributed by atoms with van der Waals surface area (Å²) in [6.45, 7) is 7.70. The maximum absolute atomic E-state index is 12.0. The fraction of sp³-hybridized carbons (Fsp3) is 0.348. The van der Waals surface area contributed by atoms with E-state index in [9.17, 15) is 4.79 Å². The van der Waals surface area contributed by atoms with Crippen LogP contribution in [0, 0.1) is 0 Å².